The lowest BCUT2D eigenvalue weighted by molar-refractivity contribution is 0.225. The minimum Gasteiger partial charge on any atom is -0.341 e. The second kappa shape index (κ2) is 2.68. The van der Waals surface area contributed by atoms with Crippen LogP contribution in [-0.4, -0.2) is 36.9 Å². The van der Waals surface area contributed by atoms with E-state index in [0.717, 1.165) is 0 Å². The monoisotopic (exact) mass is 141 g/mol. The van der Waals surface area contributed by atoms with Crippen molar-refractivity contribution in [3.05, 3.63) is 0 Å². The number of rotatable bonds is 0. The zero-order valence-corrected chi connectivity index (χ0v) is 6.16. The molecule has 1 aliphatic heterocycles. The first-order valence-corrected chi connectivity index (χ1v) is 3.25. The normalized spacial score (nSPS) is 23.4. The molecule has 0 bridgehead atoms. The van der Waals surface area contributed by atoms with Crippen LogP contribution in [0.25, 0.3) is 0 Å². The lowest BCUT2D eigenvalue weighted by Crippen LogP contribution is -2.36. The lowest BCUT2D eigenvalue weighted by atomic mass is 10.4. The third-order valence-corrected chi connectivity index (χ3v) is 1.40. The predicted molar refractivity (Wildman–Crippen MR) is 39.1 cm³/mol. The van der Waals surface area contributed by atoms with Crippen LogP contribution in [0.2, 0.25) is 0 Å². The van der Waals surface area contributed by atoms with Crippen LogP contribution < -0.4 is 5.32 Å². The largest absolute Gasteiger partial charge is 0.341 e. The number of hydrogen-bond donors (Lipinski definition) is 1. The van der Waals surface area contributed by atoms with Gasteiger partial charge in [0.1, 0.15) is 0 Å². The fourth-order valence-electron chi connectivity index (χ4n) is 0.852. The van der Waals surface area contributed by atoms with Gasteiger partial charge in [-0.15, -0.1) is 0 Å². The van der Waals surface area contributed by atoms with Gasteiger partial charge in [-0.05, 0) is 6.92 Å². The van der Waals surface area contributed by atoms with Gasteiger partial charge in [-0.1, -0.05) is 0 Å². The Hall–Kier alpha value is -1.06. The Morgan fingerprint density at radius 2 is 2.60 bits per heavy atom. The van der Waals surface area contributed by atoms with Crippen LogP contribution >= 0.6 is 0 Å². The molecular formula is C6H11N3O. The van der Waals surface area contributed by atoms with E-state index in [4.69, 9.17) is 0 Å². The Bertz CT molecular complexity index is 166. The van der Waals surface area contributed by atoms with Crippen LogP contribution in [0.4, 0.5) is 4.79 Å². The number of amides is 2. The van der Waals surface area contributed by atoms with Crippen molar-refractivity contribution in [3.8, 4) is 0 Å². The smallest absolute Gasteiger partial charge is 0.322 e. The highest BCUT2D eigenvalue weighted by Gasteiger charge is 2.17. The summed E-state index contributed by atoms with van der Waals surface area (Å²) in [7, 11) is 1.61. The minimum absolute atomic E-state index is 0.0897. The molecule has 1 N–H and O–H groups in total. The summed E-state index contributed by atoms with van der Waals surface area (Å²) in [5, 5.41) is 2.52. The van der Waals surface area contributed by atoms with E-state index in [0.29, 0.717) is 6.54 Å². The highest BCUT2D eigenvalue weighted by molar-refractivity contribution is 5.87. The summed E-state index contributed by atoms with van der Waals surface area (Å²) in [5.74, 6) is 0. The summed E-state index contributed by atoms with van der Waals surface area (Å²) in [6, 6.07) is 0.158. The second-order valence-electron chi connectivity index (χ2n) is 2.32. The zero-order chi connectivity index (χ0) is 7.56. The lowest BCUT2D eigenvalue weighted by Gasteiger charge is -2.10. The van der Waals surface area contributed by atoms with Gasteiger partial charge in [0, 0.05) is 7.05 Å². The summed E-state index contributed by atoms with van der Waals surface area (Å²) in [6.07, 6.45) is 1.57. The molecular weight excluding hydrogens is 130 g/mol. The van der Waals surface area contributed by atoms with Crippen molar-refractivity contribution in [1.29, 1.82) is 0 Å². The van der Waals surface area contributed by atoms with Gasteiger partial charge >= 0.3 is 6.03 Å². The summed E-state index contributed by atoms with van der Waals surface area (Å²) in [5.41, 5.74) is 0. The number of aliphatic imine (C=N–C) groups is 1. The Morgan fingerprint density at radius 1 is 1.90 bits per heavy atom. The molecule has 0 aliphatic carbocycles. The Kier molecular flexibility index (Phi) is 1.89. The van der Waals surface area contributed by atoms with E-state index in [1.807, 2.05) is 6.92 Å². The molecule has 10 heavy (non-hydrogen) atoms. The predicted octanol–water partition coefficient (Wildman–Crippen LogP) is 0.0582. The van der Waals surface area contributed by atoms with Crippen LogP contribution in [0.15, 0.2) is 4.99 Å². The summed E-state index contributed by atoms with van der Waals surface area (Å²) in [4.78, 5) is 16.5. The Labute approximate surface area is 59.9 Å². The topological polar surface area (TPSA) is 44.7 Å². The van der Waals surface area contributed by atoms with Crippen LogP contribution in [-0.2, 0) is 0 Å². The first-order valence-electron chi connectivity index (χ1n) is 3.25. The average Bonchev–Trinajstić information content (AvgIpc) is 2.34. The molecule has 1 rings (SSSR count). The number of carbonyl (C=O) groups is 1. The van der Waals surface area contributed by atoms with Gasteiger partial charge in [0.2, 0.25) is 0 Å². The highest BCUT2D eigenvalue weighted by atomic mass is 16.2. The quantitative estimate of drug-likeness (QED) is 0.509. The molecule has 2 amide bonds. The number of carbonyl (C=O) groups excluding carboxylic acids is 1. The van der Waals surface area contributed by atoms with Crippen LogP contribution in [0.5, 0.6) is 0 Å². The van der Waals surface area contributed by atoms with E-state index >= 15 is 0 Å². The maximum Gasteiger partial charge on any atom is 0.322 e. The van der Waals surface area contributed by atoms with Crippen molar-refractivity contribution >= 4 is 12.4 Å². The van der Waals surface area contributed by atoms with Gasteiger partial charge in [-0.25, -0.2) is 4.79 Å². The van der Waals surface area contributed by atoms with Crippen molar-refractivity contribution in [3.63, 3.8) is 0 Å². The molecule has 4 nitrogen and oxygen atoms in total. The van der Waals surface area contributed by atoms with E-state index in [-0.39, 0.29) is 12.1 Å². The van der Waals surface area contributed by atoms with Crippen molar-refractivity contribution in [2.24, 2.45) is 4.99 Å². The maximum atomic E-state index is 10.9. The van der Waals surface area contributed by atoms with E-state index in [1.54, 1.807) is 18.3 Å². The standard InChI is InChI=1S/C6H11N3O/c1-5-3-9(4-8-5)6(10)7-2/h4-5H,3H2,1-2H3,(H,7,10). The molecule has 0 radical (unpaired) electrons. The van der Waals surface area contributed by atoms with Gasteiger partial charge in [0.15, 0.2) is 0 Å². The maximum absolute atomic E-state index is 10.9. The number of nitrogens with zero attached hydrogens (tertiary/aromatic N) is 2. The second-order valence-corrected chi connectivity index (χ2v) is 2.32. The molecule has 0 saturated carbocycles. The van der Waals surface area contributed by atoms with E-state index < -0.39 is 0 Å². The first-order chi connectivity index (χ1) is 4.74. The van der Waals surface area contributed by atoms with Crippen molar-refractivity contribution in [2.75, 3.05) is 13.6 Å². The van der Waals surface area contributed by atoms with Crippen LogP contribution in [0.3, 0.4) is 0 Å². The molecule has 0 saturated heterocycles. The number of urea groups is 1. The zero-order valence-electron chi connectivity index (χ0n) is 6.16. The summed E-state index contributed by atoms with van der Waals surface area (Å²) in [6.45, 7) is 2.67. The third kappa shape index (κ3) is 1.26. The fraction of sp³-hybridized carbons (Fsp3) is 0.667. The number of hydrogen-bond acceptors (Lipinski definition) is 2. The molecule has 4 heteroatoms. The SMILES string of the molecule is CNC(=O)N1C=NC(C)C1. The molecule has 0 fully saturated rings. The summed E-state index contributed by atoms with van der Waals surface area (Å²) < 4.78 is 0. The summed E-state index contributed by atoms with van der Waals surface area (Å²) >= 11 is 0. The van der Waals surface area contributed by atoms with Crippen molar-refractivity contribution in [2.45, 2.75) is 13.0 Å². The molecule has 1 heterocycles. The highest BCUT2D eigenvalue weighted by Crippen LogP contribution is 2.01. The molecule has 1 aliphatic rings. The van der Waals surface area contributed by atoms with Gasteiger partial charge in [0.05, 0.1) is 18.9 Å². The van der Waals surface area contributed by atoms with Crippen molar-refractivity contribution < 1.29 is 4.79 Å². The van der Waals surface area contributed by atoms with Crippen LogP contribution in [0, 0.1) is 0 Å². The van der Waals surface area contributed by atoms with Gasteiger partial charge in [-0.3, -0.25) is 9.89 Å². The van der Waals surface area contributed by atoms with Crippen LogP contribution in [0.1, 0.15) is 6.92 Å². The Balaban J connectivity index is 2.46. The number of nitrogens with one attached hydrogen (secondary N) is 1. The van der Waals surface area contributed by atoms with Gasteiger partial charge in [-0.2, -0.15) is 0 Å². The van der Waals surface area contributed by atoms with Gasteiger partial charge < -0.3 is 5.32 Å². The average molecular weight is 141 g/mol. The molecule has 0 aromatic carbocycles. The molecule has 0 aromatic rings. The Morgan fingerprint density at radius 3 is 3.00 bits per heavy atom. The van der Waals surface area contributed by atoms with E-state index in [9.17, 15) is 4.79 Å². The first kappa shape index (κ1) is 7.05. The molecule has 56 valence electrons. The van der Waals surface area contributed by atoms with Crippen molar-refractivity contribution in [1.82, 2.24) is 10.2 Å². The molecule has 0 aromatic heterocycles. The molecule has 1 atom stereocenters. The minimum atomic E-state index is -0.0897. The van der Waals surface area contributed by atoms with E-state index in [1.165, 1.54) is 0 Å². The molecule has 0 spiro atoms. The van der Waals surface area contributed by atoms with E-state index in [2.05, 4.69) is 10.3 Å². The fourth-order valence-corrected chi connectivity index (χ4v) is 0.852. The van der Waals surface area contributed by atoms with Gasteiger partial charge in [0.25, 0.3) is 0 Å². The third-order valence-electron chi connectivity index (χ3n) is 1.40. The molecule has 1 unspecified atom stereocenters.